The summed E-state index contributed by atoms with van der Waals surface area (Å²) in [5.41, 5.74) is 1.17. The molecule has 0 saturated heterocycles. The Morgan fingerprint density at radius 1 is 1.33 bits per heavy atom. The molecule has 0 aliphatic carbocycles. The summed E-state index contributed by atoms with van der Waals surface area (Å²) in [5, 5.41) is 16.9. The van der Waals surface area contributed by atoms with E-state index in [1.165, 1.54) is 12.1 Å². The number of hydrogen-bond acceptors (Lipinski definition) is 5. The SMILES string of the molecule is O=[N+]([O-])c1ccc(CNCCc2nccs2)cc1. The summed E-state index contributed by atoms with van der Waals surface area (Å²) in [6.07, 6.45) is 2.71. The number of aromatic nitrogens is 1. The minimum absolute atomic E-state index is 0.126. The van der Waals surface area contributed by atoms with Gasteiger partial charge in [0, 0.05) is 43.2 Å². The molecule has 1 heterocycles. The molecule has 18 heavy (non-hydrogen) atoms. The van der Waals surface area contributed by atoms with Crippen molar-refractivity contribution in [2.75, 3.05) is 6.54 Å². The van der Waals surface area contributed by atoms with Crippen molar-refractivity contribution >= 4 is 17.0 Å². The van der Waals surface area contributed by atoms with Crippen molar-refractivity contribution in [2.45, 2.75) is 13.0 Å². The molecule has 0 bridgehead atoms. The molecule has 1 aromatic carbocycles. The van der Waals surface area contributed by atoms with Gasteiger partial charge in [-0.1, -0.05) is 12.1 Å². The van der Waals surface area contributed by atoms with Crippen molar-refractivity contribution in [3.8, 4) is 0 Å². The molecule has 0 saturated carbocycles. The number of benzene rings is 1. The average Bonchev–Trinajstić information content (AvgIpc) is 2.88. The zero-order chi connectivity index (χ0) is 12.8. The Bertz CT molecular complexity index is 497. The lowest BCUT2D eigenvalue weighted by molar-refractivity contribution is -0.384. The summed E-state index contributed by atoms with van der Waals surface area (Å²) in [6, 6.07) is 6.60. The first-order valence-electron chi connectivity index (χ1n) is 5.58. The number of nitrogens with one attached hydrogen (secondary N) is 1. The number of nitro groups is 1. The molecule has 1 aromatic heterocycles. The van der Waals surface area contributed by atoms with E-state index in [0.717, 1.165) is 23.5 Å². The zero-order valence-corrected chi connectivity index (χ0v) is 10.5. The van der Waals surface area contributed by atoms with Gasteiger partial charge in [-0.15, -0.1) is 11.3 Å². The lowest BCUT2D eigenvalue weighted by Gasteiger charge is -2.03. The van der Waals surface area contributed by atoms with Gasteiger partial charge < -0.3 is 5.32 Å². The van der Waals surface area contributed by atoms with Gasteiger partial charge >= 0.3 is 0 Å². The molecule has 2 aromatic rings. The molecule has 1 N–H and O–H groups in total. The van der Waals surface area contributed by atoms with Crippen LogP contribution in [0.15, 0.2) is 35.8 Å². The first-order valence-corrected chi connectivity index (χ1v) is 6.46. The Labute approximate surface area is 109 Å². The molecule has 0 fully saturated rings. The Morgan fingerprint density at radius 2 is 2.11 bits per heavy atom. The standard InChI is InChI=1S/C12H13N3O2S/c16-15(17)11-3-1-10(2-4-11)9-13-6-5-12-14-7-8-18-12/h1-4,7-8,13H,5-6,9H2. The van der Waals surface area contributed by atoms with Crippen LogP contribution in [0.2, 0.25) is 0 Å². The van der Waals surface area contributed by atoms with E-state index >= 15 is 0 Å². The number of rotatable bonds is 6. The van der Waals surface area contributed by atoms with Gasteiger partial charge in [0.1, 0.15) is 0 Å². The normalized spacial score (nSPS) is 10.4. The van der Waals surface area contributed by atoms with Crippen LogP contribution < -0.4 is 5.32 Å². The minimum atomic E-state index is -0.389. The van der Waals surface area contributed by atoms with E-state index in [0.29, 0.717) is 6.54 Å². The van der Waals surface area contributed by atoms with Crippen LogP contribution >= 0.6 is 11.3 Å². The van der Waals surface area contributed by atoms with E-state index in [1.807, 2.05) is 5.38 Å². The van der Waals surface area contributed by atoms with E-state index in [-0.39, 0.29) is 10.6 Å². The number of non-ortho nitro benzene ring substituents is 1. The topological polar surface area (TPSA) is 68.1 Å². The molecule has 6 heteroatoms. The van der Waals surface area contributed by atoms with Crippen LogP contribution in [0.5, 0.6) is 0 Å². The van der Waals surface area contributed by atoms with Crippen molar-refractivity contribution in [1.82, 2.24) is 10.3 Å². The second-order valence-electron chi connectivity index (χ2n) is 3.78. The highest BCUT2D eigenvalue weighted by Crippen LogP contribution is 2.11. The quantitative estimate of drug-likeness (QED) is 0.493. The van der Waals surface area contributed by atoms with Gasteiger partial charge in [0.05, 0.1) is 9.93 Å². The molecule has 0 aliphatic rings. The fraction of sp³-hybridized carbons (Fsp3) is 0.250. The van der Waals surface area contributed by atoms with Crippen LogP contribution in [0.4, 0.5) is 5.69 Å². The summed E-state index contributed by atoms with van der Waals surface area (Å²) < 4.78 is 0. The molecular weight excluding hydrogens is 250 g/mol. The van der Waals surface area contributed by atoms with Gasteiger partial charge in [-0.2, -0.15) is 0 Å². The highest BCUT2D eigenvalue weighted by molar-refractivity contribution is 7.09. The maximum atomic E-state index is 10.5. The molecule has 0 radical (unpaired) electrons. The summed E-state index contributed by atoms with van der Waals surface area (Å²) in [5.74, 6) is 0. The van der Waals surface area contributed by atoms with Crippen LogP contribution in [-0.2, 0) is 13.0 Å². The van der Waals surface area contributed by atoms with Gasteiger partial charge in [0.25, 0.3) is 5.69 Å². The van der Waals surface area contributed by atoms with E-state index in [9.17, 15) is 10.1 Å². The predicted molar refractivity (Wildman–Crippen MR) is 70.6 cm³/mol. The monoisotopic (exact) mass is 263 g/mol. The van der Waals surface area contributed by atoms with Gasteiger partial charge in [-0.05, 0) is 5.56 Å². The highest BCUT2D eigenvalue weighted by Gasteiger charge is 2.03. The van der Waals surface area contributed by atoms with Crippen molar-refractivity contribution in [2.24, 2.45) is 0 Å². The number of thiazole rings is 1. The third-order valence-electron chi connectivity index (χ3n) is 2.48. The Kier molecular flexibility index (Phi) is 4.38. The molecule has 2 rings (SSSR count). The van der Waals surface area contributed by atoms with Crippen molar-refractivity contribution in [1.29, 1.82) is 0 Å². The fourth-order valence-electron chi connectivity index (χ4n) is 1.54. The van der Waals surface area contributed by atoms with Crippen LogP contribution in [0.3, 0.4) is 0 Å². The van der Waals surface area contributed by atoms with Crippen molar-refractivity contribution in [3.05, 3.63) is 56.5 Å². The van der Waals surface area contributed by atoms with Crippen LogP contribution in [0.25, 0.3) is 0 Å². The summed E-state index contributed by atoms with van der Waals surface area (Å²) >= 11 is 1.65. The number of hydrogen-bond donors (Lipinski definition) is 1. The van der Waals surface area contributed by atoms with Crippen molar-refractivity contribution in [3.63, 3.8) is 0 Å². The van der Waals surface area contributed by atoms with E-state index < -0.39 is 0 Å². The number of nitro benzene ring substituents is 1. The molecule has 0 unspecified atom stereocenters. The van der Waals surface area contributed by atoms with Gasteiger partial charge in [0.15, 0.2) is 0 Å². The third-order valence-corrected chi connectivity index (χ3v) is 3.31. The molecule has 0 spiro atoms. The molecule has 5 nitrogen and oxygen atoms in total. The van der Waals surface area contributed by atoms with Crippen LogP contribution in [0, 0.1) is 10.1 Å². The Balaban J connectivity index is 1.75. The number of nitrogens with zero attached hydrogens (tertiary/aromatic N) is 2. The second kappa shape index (κ2) is 6.23. The highest BCUT2D eigenvalue weighted by atomic mass is 32.1. The Morgan fingerprint density at radius 3 is 2.72 bits per heavy atom. The smallest absolute Gasteiger partial charge is 0.269 e. The largest absolute Gasteiger partial charge is 0.312 e. The lowest BCUT2D eigenvalue weighted by atomic mass is 10.2. The molecule has 0 amide bonds. The molecule has 0 atom stereocenters. The maximum absolute atomic E-state index is 10.5. The first-order chi connectivity index (χ1) is 8.75. The molecule has 0 aliphatic heterocycles. The summed E-state index contributed by atoms with van der Waals surface area (Å²) in [4.78, 5) is 14.3. The lowest BCUT2D eigenvalue weighted by Crippen LogP contribution is -2.16. The zero-order valence-electron chi connectivity index (χ0n) is 9.70. The van der Waals surface area contributed by atoms with E-state index in [4.69, 9.17) is 0 Å². The Hall–Kier alpha value is -1.79. The van der Waals surface area contributed by atoms with E-state index in [1.54, 1.807) is 29.7 Å². The third kappa shape index (κ3) is 3.61. The van der Waals surface area contributed by atoms with E-state index in [2.05, 4.69) is 10.3 Å². The van der Waals surface area contributed by atoms with Gasteiger partial charge in [0.2, 0.25) is 0 Å². The second-order valence-corrected chi connectivity index (χ2v) is 4.76. The maximum Gasteiger partial charge on any atom is 0.269 e. The van der Waals surface area contributed by atoms with Gasteiger partial charge in [-0.3, -0.25) is 10.1 Å². The summed E-state index contributed by atoms with van der Waals surface area (Å²) in [6.45, 7) is 1.56. The fourth-order valence-corrected chi connectivity index (χ4v) is 2.16. The van der Waals surface area contributed by atoms with Crippen LogP contribution in [-0.4, -0.2) is 16.5 Å². The average molecular weight is 263 g/mol. The molecule has 94 valence electrons. The van der Waals surface area contributed by atoms with Crippen LogP contribution in [0.1, 0.15) is 10.6 Å². The summed E-state index contributed by atoms with van der Waals surface area (Å²) in [7, 11) is 0. The molecular formula is C12H13N3O2S. The minimum Gasteiger partial charge on any atom is -0.312 e. The predicted octanol–water partition coefficient (Wildman–Crippen LogP) is 2.38. The first kappa shape index (κ1) is 12.7. The van der Waals surface area contributed by atoms with Crippen molar-refractivity contribution < 1.29 is 4.92 Å². The van der Waals surface area contributed by atoms with Gasteiger partial charge in [-0.25, -0.2) is 4.98 Å².